The van der Waals surface area contributed by atoms with Crippen LogP contribution in [0.2, 0.25) is 0 Å². The number of hydrogen-bond donors (Lipinski definition) is 2. The number of thiazole rings is 1. The lowest BCUT2D eigenvalue weighted by atomic mass is 10.1. The monoisotopic (exact) mass is 448 g/mol. The molecule has 2 rings (SSSR count). The molecule has 0 saturated heterocycles. The van der Waals surface area contributed by atoms with Gasteiger partial charge in [-0.3, -0.25) is 9.52 Å². The first-order valence-electron chi connectivity index (χ1n) is 8.84. The molecule has 0 atom stereocenters. The molecule has 1 amide bonds. The van der Waals surface area contributed by atoms with Crippen molar-refractivity contribution in [3.8, 4) is 0 Å². The molecule has 1 aromatic heterocycles. The number of ether oxygens (including phenoxy) is 1. The van der Waals surface area contributed by atoms with Crippen molar-refractivity contribution in [2.24, 2.45) is 4.99 Å². The van der Waals surface area contributed by atoms with Gasteiger partial charge in [0.25, 0.3) is 15.9 Å². The highest BCUT2D eigenvalue weighted by atomic mass is 32.2. The molecular formula is C20H24N4O4S2. The summed E-state index contributed by atoms with van der Waals surface area (Å²) in [6, 6.07) is 5.44. The van der Waals surface area contributed by atoms with Gasteiger partial charge in [0.2, 0.25) is 5.88 Å². The van der Waals surface area contributed by atoms with E-state index in [4.69, 9.17) is 4.74 Å². The normalized spacial score (nSPS) is 12.8. The van der Waals surface area contributed by atoms with E-state index < -0.39 is 15.9 Å². The van der Waals surface area contributed by atoms with Gasteiger partial charge in [-0.2, -0.15) is 0 Å². The predicted molar refractivity (Wildman–Crippen MR) is 120 cm³/mol. The maximum absolute atomic E-state index is 13.2. The van der Waals surface area contributed by atoms with E-state index in [2.05, 4.69) is 26.7 Å². The quantitative estimate of drug-likeness (QED) is 0.364. The average Bonchev–Trinajstić information content (AvgIpc) is 3.11. The number of anilines is 1. The van der Waals surface area contributed by atoms with Crippen LogP contribution in [0.25, 0.3) is 0 Å². The first-order chi connectivity index (χ1) is 14.1. The Labute approximate surface area is 180 Å². The van der Waals surface area contributed by atoms with Crippen molar-refractivity contribution in [3.63, 3.8) is 0 Å². The fraction of sp³-hybridized carbons (Fsp3) is 0.250. The Morgan fingerprint density at radius 2 is 1.90 bits per heavy atom. The lowest BCUT2D eigenvalue weighted by molar-refractivity contribution is 0.0961. The number of amides is 1. The van der Waals surface area contributed by atoms with Gasteiger partial charge in [-0.05, 0) is 51.6 Å². The Kier molecular flexibility index (Phi) is 7.52. The smallest absolute Gasteiger partial charge is 0.275 e. The van der Waals surface area contributed by atoms with Gasteiger partial charge in [0, 0.05) is 10.6 Å². The Balaban J connectivity index is 2.44. The van der Waals surface area contributed by atoms with Crippen molar-refractivity contribution in [2.45, 2.75) is 27.7 Å². The lowest BCUT2D eigenvalue weighted by Gasteiger charge is -2.15. The van der Waals surface area contributed by atoms with Crippen LogP contribution in [-0.4, -0.2) is 33.1 Å². The van der Waals surface area contributed by atoms with Crippen LogP contribution < -0.4 is 10.0 Å². The number of aryl methyl sites for hydroxylation is 3. The first kappa shape index (κ1) is 23.3. The van der Waals surface area contributed by atoms with Gasteiger partial charge in [0.15, 0.2) is 4.91 Å². The highest BCUT2D eigenvalue weighted by molar-refractivity contribution is 7.96. The first-order valence-corrected chi connectivity index (χ1v) is 11.2. The molecule has 0 radical (unpaired) electrons. The van der Waals surface area contributed by atoms with E-state index >= 15 is 0 Å². The second-order valence-electron chi connectivity index (χ2n) is 6.44. The fourth-order valence-corrected chi connectivity index (χ4v) is 4.64. The highest BCUT2D eigenvalue weighted by Crippen LogP contribution is 2.25. The van der Waals surface area contributed by atoms with Crippen LogP contribution in [0.1, 0.15) is 33.4 Å². The molecule has 0 aliphatic rings. The number of hydrogen-bond acceptors (Lipinski definition) is 7. The maximum atomic E-state index is 13.2. The highest BCUT2D eigenvalue weighted by Gasteiger charge is 2.24. The molecule has 2 aromatic rings. The van der Waals surface area contributed by atoms with Gasteiger partial charge < -0.3 is 10.1 Å². The van der Waals surface area contributed by atoms with Crippen molar-refractivity contribution < 1.29 is 17.9 Å². The Morgan fingerprint density at radius 1 is 1.27 bits per heavy atom. The number of benzene rings is 1. The predicted octanol–water partition coefficient (Wildman–Crippen LogP) is 3.66. The minimum atomic E-state index is -4.11. The molecule has 0 saturated carbocycles. The van der Waals surface area contributed by atoms with Gasteiger partial charge in [0.05, 0.1) is 18.3 Å². The molecule has 0 aliphatic carbocycles. The molecule has 0 fully saturated rings. The zero-order valence-corrected chi connectivity index (χ0v) is 19.1. The van der Waals surface area contributed by atoms with Gasteiger partial charge in [-0.1, -0.05) is 18.2 Å². The van der Waals surface area contributed by atoms with Crippen molar-refractivity contribution >= 4 is 39.7 Å². The molecule has 10 heteroatoms. The number of methoxy groups -OCH3 is 1. The van der Waals surface area contributed by atoms with Crippen LogP contribution in [0.4, 0.5) is 5.69 Å². The molecule has 8 nitrogen and oxygen atoms in total. The molecule has 1 aromatic carbocycles. The van der Waals surface area contributed by atoms with E-state index in [1.807, 2.05) is 6.07 Å². The topological polar surface area (TPSA) is 110 Å². The van der Waals surface area contributed by atoms with Gasteiger partial charge in [0.1, 0.15) is 5.69 Å². The number of aliphatic imine (C=N–C) groups is 1. The summed E-state index contributed by atoms with van der Waals surface area (Å²) in [4.78, 5) is 20.6. The number of nitrogens with one attached hydrogen (secondary N) is 2. The minimum absolute atomic E-state index is 0.202. The maximum Gasteiger partial charge on any atom is 0.275 e. The number of allylic oxidation sites excluding steroid dienone is 2. The summed E-state index contributed by atoms with van der Waals surface area (Å²) in [5, 5.41) is 2.64. The molecular weight excluding hydrogens is 424 g/mol. The van der Waals surface area contributed by atoms with Crippen LogP contribution >= 0.6 is 11.3 Å². The number of para-hydroxylation sites is 1. The molecule has 0 spiro atoms. The minimum Gasteiger partial charge on any atom is -0.480 e. The standard InChI is InChI=1S/C20H24N4O4S2/c1-12-8-7-9-13(2)17(12)24-30(26,27)16(20(21-5)28-6)10-14(3)23-19(25)18-15(4)29-11-22-18/h7-11,24H,5H2,1-4,6H3,(H,23,25)/b14-10+,20-16-. The third-order valence-electron chi connectivity index (χ3n) is 4.17. The molecule has 0 unspecified atom stereocenters. The Morgan fingerprint density at radius 3 is 2.40 bits per heavy atom. The largest absolute Gasteiger partial charge is 0.480 e. The average molecular weight is 449 g/mol. The zero-order valence-electron chi connectivity index (χ0n) is 17.4. The molecule has 1 heterocycles. The zero-order chi connectivity index (χ0) is 22.5. The van der Waals surface area contributed by atoms with E-state index in [0.717, 1.165) is 16.0 Å². The van der Waals surface area contributed by atoms with E-state index in [-0.39, 0.29) is 22.2 Å². The fourth-order valence-electron chi connectivity index (χ4n) is 2.66. The third-order valence-corrected chi connectivity index (χ3v) is 6.28. The van der Waals surface area contributed by atoms with Crippen molar-refractivity contribution in [2.75, 3.05) is 11.8 Å². The third kappa shape index (κ3) is 5.33. The van der Waals surface area contributed by atoms with E-state index in [1.54, 1.807) is 45.3 Å². The Hall–Kier alpha value is -2.98. The summed E-state index contributed by atoms with van der Waals surface area (Å²) in [6.07, 6.45) is 1.27. The van der Waals surface area contributed by atoms with Crippen LogP contribution in [0.15, 0.2) is 51.3 Å². The molecule has 2 N–H and O–H groups in total. The summed E-state index contributed by atoms with van der Waals surface area (Å²) in [7, 11) is -2.82. The number of carbonyl (C=O) groups is 1. The van der Waals surface area contributed by atoms with Crippen LogP contribution in [0, 0.1) is 20.8 Å². The van der Waals surface area contributed by atoms with Gasteiger partial charge >= 0.3 is 0 Å². The number of aromatic nitrogens is 1. The SMILES string of the molecule is C=N/C(OC)=C(\C=C(/C)NC(=O)c1ncsc1C)S(=O)(=O)Nc1c(C)cccc1C. The van der Waals surface area contributed by atoms with Crippen molar-refractivity contribution in [3.05, 3.63) is 68.0 Å². The van der Waals surface area contributed by atoms with Gasteiger partial charge in [-0.25, -0.2) is 18.4 Å². The molecule has 0 aliphatic heterocycles. The van der Waals surface area contributed by atoms with Crippen molar-refractivity contribution in [1.29, 1.82) is 0 Å². The number of carbonyl (C=O) groups excluding carboxylic acids is 1. The summed E-state index contributed by atoms with van der Waals surface area (Å²) in [5.41, 5.74) is 4.10. The number of sulfonamides is 1. The van der Waals surface area contributed by atoms with Crippen LogP contribution in [0.3, 0.4) is 0 Å². The summed E-state index contributed by atoms with van der Waals surface area (Å²) < 4.78 is 34.0. The number of rotatable bonds is 8. The van der Waals surface area contributed by atoms with Crippen molar-refractivity contribution in [1.82, 2.24) is 10.3 Å². The van der Waals surface area contributed by atoms with E-state index in [1.165, 1.54) is 24.5 Å². The molecule has 160 valence electrons. The van der Waals surface area contributed by atoms with Crippen LogP contribution in [0.5, 0.6) is 0 Å². The second-order valence-corrected chi connectivity index (χ2v) is 9.15. The lowest BCUT2D eigenvalue weighted by Crippen LogP contribution is -2.24. The summed E-state index contributed by atoms with van der Waals surface area (Å²) in [6.45, 7) is 10.3. The van der Waals surface area contributed by atoms with E-state index in [9.17, 15) is 13.2 Å². The number of nitrogens with zero attached hydrogens (tertiary/aromatic N) is 2. The summed E-state index contributed by atoms with van der Waals surface area (Å²) >= 11 is 1.34. The van der Waals surface area contributed by atoms with E-state index in [0.29, 0.717) is 5.69 Å². The second kappa shape index (κ2) is 9.68. The molecule has 0 bridgehead atoms. The summed E-state index contributed by atoms with van der Waals surface area (Å²) in [5.74, 6) is -0.639. The molecule has 30 heavy (non-hydrogen) atoms. The van der Waals surface area contributed by atoms with Gasteiger partial charge in [-0.15, -0.1) is 11.3 Å². The van der Waals surface area contributed by atoms with Crippen LogP contribution in [-0.2, 0) is 14.8 Å². The Bertz CT molecular complexity index is 1110.